The summed E-state index contributed by atoms with van der Waals surface area (Å²) in [7, 11) is 0. The Hall–Kier alpha value is -1.69. The molecular weight excluding hydrogens is 251 g/mol. The van der Waals surface area contributed by atoms with Crippen molar-refractivity contribution in [2.24, 2.45) is 0 Å². The number of hydrogen-bond donors (Lipinski definition) is 1. The number of non-ortho nitro benzene ring substituents is 1. The number of nitrogens with one attached hydrogen (secondary N) is 1. The number of alkyl halides is 1. The molecule has 0 bridgehead atoms. The number of amides is 1. The van der Waals surface area contributed by atoms with Crippen molar-refractivity contribution in [1.29, 1.82) is 0 Å². The standard InChI is InChI=1S/C10H10ClFN2O3/c1-6(5-11)13-10(15)8-3-2-7(14(16)17)4-9(8)12/h2-4,6H,5H2,1H3,(H,13,15). The van der Waals surface area contributed by atoms with Gasteiger partial charge in [-0.05, 0) is 13.0 Å². The minimum absolute atomic E-state index is 0.195. The Bertz CT molecular complexity index is 453. The largest absolute Gasteiger partial charge is 0.348 e. The molecule has 0 aliphatic carbocycles. The molecule has 92 valence electrons. The van der Waals surface area contributed by atoms with Crippen molar-refractivity contribution in [3.8, 4) is 0 Å². The Labute approximate surface area is 102 Å². The lowest BCUT2D eigenvalue weighted by molar-refractivity contribution is -0.385. The second-order valence-electron chi connectivity index (χ2n) is 3.45. The van der Waals surface area contributed by atoms with Crippen molar-refractivity contribution in [2.75, 3.05) is 5.88 Å². The van der Waals surface area contributed by atoms with Crippen LogP contribution < -0.4 is 5.32 Å². The van der Waals surface area contributed by atoms with Gasteiger partial charge in [-0.2, -0.15) is 0 Å². The molecule has 5 nitrogen and oxygen atoms in total. The van der Waals surface area contributed by atoms with Crippen molar-refractivity contribution >= 4 is 23.2 Å². The summed E-state index contributed by atoms with van der Waals surface area (Å²) >= 11 is 5.49. The van der Waals surface area contributed by atoms with Crippen molar-refractivity contribution in [1.82, 2.24) is 5.32 Å². The first-order valence-electron chi connectivity index (χ1n) is 4.76. The lowest BCUT2D eigenvalue weighted by atomic mass is 10.1. The number of carbonyl (C=O) groups excluding carboxylic acids is 1. The van der Waals surface area contributed by atoms with E-state index in [9.17, 15) is 19.3 Å². The fourth-order valence-corrected chi connectivity index (χ4v) is 1.22. The van der Waals surface area contributed by atoms with Gasteiger partial charge in [-0.3, -0.25) is 14.9 Å². The molecule has 0 radical (unpaired) electrons. The van der Waals surface area contributed by atoms with Gasteiger partial charge in [0.1, 0.15) is 5.82 Å². The van der Waals surface area contributed by atoms with E-state index in [4.69, 9.17) is 11.6 Å². The van der Waals surface area contributed by atoms with Gasteiger partial charge in [-0.1, -0.05) is 0 Å². The molecular formula is C10H10ClFN2O3. The molecule has 1 atom stereocenters. The van der Waals surface area contributed by atoms with Gasteiger partial charge < -0.3 is 5.32 Å². The van der Waals surface area contributed by atoms with Crippen LogP contribution >= 0.6 is 11.6 Å². The number of halogens is 2. The number of carbonyl (C=O) groups is 1. The van der Waals surface area contributed by atoms with Crippen LogP contribution in [0.15, 0.2) is 18.2 Å². The van der Waals surface area contributed by atoms with E-state index in [1.54, 1.807) is 6.92 Å². The first kappa shape index (κ1) is 13.4. The van der Waals surface area contributed by atoms with Gasteiger partial charge in [0.05, 0.1) is 16.6 Å². The number of hydrogen-bond acceptors (Lipinski definition) is 3. The van der Waals surface area contributed by atoms with E-state index in [2.05, 4.69) is 5.32 Å². The predicted octanol–water partition coefficient (Wildman–Crippen LogP) is 2.09. The maximum atomic E-state index is 13.4. The van der Waals surface area contributed by atoms with Crippen molar-refractivity contribution < 1.29 is 14.1 Å². The van der Waals surface area contributed by atoms with Gasteiger partial charge in [0.15, 0.2) is 0 Å². The summed E-state index contributed by atoms with van der Waals surface area (Å²) in [5.74, 6) is -1.38. The molecule has 1 amide bonds. The summed E-state index contributed by atoms with van der Waals surface area (Å²) in [4.78, 5) is 21.2. The normalized spacial score (nSPS) is 11.9. The number of nitro benzene ring substituents is 1. The first-order valence-corrected chi connectivity index (χ1v) is 5.30. The van der Waals surface area contributed by atoms with Gasteiger partial charge in [0.25, 0.3) is 11.6 Å². The zero-order valence-corrected chi connectivity index (χ0v) is 9.70. The Morgan fingerprint density at radius 3 is 2.76 bits per heavy atom. The van der Waals surface area contributed by atoms with E-state index < -0.39 is 22.3 Å². The van der Waals surface area contributed by atoms with Gasteiger partial charge in [-0.15, -0.1) is 11.6 Å². The Morgan fingerprint density at radius 2 is 2.29 bits per heavy atom. The second-order valence-corrected chi connectivity index (χ2v) is 3.76. The van der Waals surface area contributed by atoms with E-state index in [1.807, 2.05) is 0 Å². The Kier molecular flexibility index (Phi) is 4.39. The molecule has 1 unspecified atom stereocenters. The Balaban J connectivity index is 2.92. The monoisotopic (exact) mass is 260 g/mol. The average molecular weight is 261 g/mol. The fraction of sp³-hybridized carbons (Fsp3) is 0.300. The summed E-state index contributed by atoms with van der Waals surface area (Å²) < 4.78 is 13.4. The topological polar surface area (TPSA) is 72.2 Å². The van der Waals surface area contributed by atoms with E-state index in [0.29, 0.717) is 6.07 Å². The third kappa shape index (κ3) is 3.39. The van der Waals surface area contributed by atoms with Gasteiger partial charge in [-0.25, -0.2) is 4.39 Å². The molecule has 0 fully saturated rings. The molecule has 0 saturated heterocycles. The molecule has 0 saturated carbocycles. The molecule has 7 heteroatoms. The van der Waals surface area contributed by atoms with Crippen LogP contribution in [0.2, 0.25) is 0 Å². The lowest BCUT2D eigenvalue weighted by Gasteiger charge is -2.10. The molecule has 0 aromatic heterocycles. The first-order chi connectivity index (χ1) is 7.95. The van der Waals surface area contributed by atoms with Crippen LogP contribution in [-0.4, -0.2) is 22.8 Å². The fourth-order valence-electron chi connectivity index (χ4n) is 1.14. The number of rotatable bonds is 4. The summed E-state index contributed by atoms with van der Waals surface area (Å²) in [6.07, 6.45) is 0. The number of nitrogens with zero attached hydrogens (tertiary/aromatic N) is 1. The number of benzene rings is 1. The Morgan fingerprint density at radius 1 is 1.65 bits per heavy atom. The minimum atomic E-state index is -0.932. The molecule has 0 heterocycles. The quantitative estimate of drug-likeness (QED) is 0.512. The molecule has 1 N–H and O–H groups in total. The molecule has 1 aromatic carbocycles. The van der Waals surface area contributed by atoms with Crippen molar-refractivity contribution in [3.05, 3.63) is 39.7 Å². The van der Waals surface area contributed by atoms with Crippen LogP contribution in [0.25, 0.3) is 0 Å². The predicted molar refractivity (Wildman–Crippen MR) is 60.7 cm³/mol. The molecule has 0 aliphatic heterocycles. The summed E-state index contributed by atoms with van der Waals surface area (Å²) in [5.41, 5.74) is -0.642. The third-order valence-corrected chi connectivity index (χ3v) is 2.48. The highest BCUT2D eigenvalue weighted by Gasteiger charge is 2.17. The van der Waals surface area contributed by atoms with Crippen LogP contribution in [0.5, 0.6) is 0 Å². The van der Waals surface area contributed by atoms with Crippen molar-refractivity contribution in [2.45, 2.75) is 13.0 Å². The van der Waals surface area contributed by atoms with Crippen LogP contribution in [0.1, 0.15) is 17.3 Å². The van der Waals surface area contributed by atoms with Gasteiger partial charge in [0.2, 0.25) is 0 Å². The molecule has 0 spiro atoms. The highest BCUT2D eigenvalue weighted by molar-refractivity contribution is 6.18. The summed E-state index contributed by atoms with van der Waals surface area (Å²) in [5, 5.41) is 12.8. The second kappa shape index (κ2) is 5.58. The summed E-state index contributed by atoms with van der Waals surface area (Å²) in [6.45, 7) is 1.66. The van der Waals surface area contributed by atoms with E-state index in [0.717, 1.165) is 12.1 Å². The maximum absolute atomic E-state index is 13.4. The van der Waals surface area contributed by atoms with Crippen LogP contribution in [-0.2, 0) is 0 Å². The van der Waals surface area contributed by atoms with Crippen LogP contribution in [0.3, 0.4) is 0 Å². The van der Waals surface area contributed by atoms with Crippen molar-refractivity contribution in [3.63, 3.8) is 0 Å². The SMILES string of the molecule is CC(CCl)NC(=O)c1ccc([N+](=O)[O-])cc1F. The zero-order chi connectivity index (χ0) is 13.0. The molecule has 17 heavy (non-hydrogen) atoms. The highest BCUT2D eigenvalue weighted by Crippen LogP contribution is 2.16. The zero-order valence-electron chi connectivity index (χ0n) is 8.94. The van der Waals surface area contributed by atoms with Gasteiger partial charge in [0, 0.05) is 18.0 Å². The molecule has 0 aliphatic rings. The average Bonchev–Trinajstić information content (AvgIpc) is 2.28. The van der Waals surface area contributed by atoms with E-state index in [-0.39, 0.29) is 17.5 Å². The molecule has 1 rings (SSSR count). The minimum Gasteiger partial charge on any atom is -0.348 e. The van der Waals surface area contributed by atoms with E-state index >= 15 is 0 Å². The highest BCUT2D eigenvalue weighted by atomic mass is 35.5. The van der Waals surface area contributed by atoms with Gasteiger partial charge >= 0.3 is 0 Å². The van der Waals surface area contributed by atoms with E-state index in [1.165, 1.54) is 0 Å². The maximum Gasteiger partial charge on any atom is 0.272 e. The third-order valence-electron chi connectivity index (χ3n) is 2.02. The molecule has 1 aromatic rings. The number of nitro groups is 1. The lowest BCUT2D eigenvalue weighted by Crippen LogP contribution is -2.34. The van der Waals surface area contributed by atoms with Crippen LogP contribution in [0.4, 0.5) is 10.1 Å². The van der Waals surface area contributed by atoms with Crippen LogP contribution in [0, 0.1) is 15.9 Å². The smallest absolute Gasteiger partial charge is 0.272 e. The summed E-state index contributed by atoms with van der Waals surface area (Å²) in [6, 6.07) is 2.55.